The molecule has 6 heteroatoms. The second-order valence-electron chi connectivity index (χ2n) is 4.54. The summed E-state index contributed by atoms with van der Waals surface area (Å²) in [6, 6.07) is 7.99. The van der Waals surface area contributed by atoms with Gasteiger partial charge in [-0.25, -0.2) is 0 Å². The summed E-state index contributed by atoms with van der Waals surface area (Å²) in [5, 5.41) is 14.2. The van der Waals surface area contributed by atoms with E-state index in [-0.39, 0.29) is 5.25 Å². The van der Waals surface area contributed by atoms with Crippen molar-refractivity contribution in [3.8, 4) is 5.75 Å². The molecule has 0 bridgehead atoms. The third kappa shape index (κ3) is 2.20. The molecule has 0 N–H and O–H groups in total. The molecule has 1 atom stereocenters. The molecule has 1 aromatic heterocycles. The van der Waals surface area contributed by atoms with Crippen LogP contribution < -0.4 is 4.74 Å². The van der Waals surface area contributed by atoms with E-state index in [0.29, 0.717) is 0 Å². The van der Waals surface area contributed by atoms with Crippen molar-refractivity contribution in [2.45, 2.75) is 30.7 Å². The van der Waals surface area contributed by atoms with Crippen LogP contribution in [0, 0.1) is 0 Å². The van der Waals surface area contributed by atoms with E-state index in [1.807, 2.05) is 28.9 Å². The van der Waals surface area contributed by atoms with Crippen LogP contribution in [0.5, 0.6) is 5.75 Å². The normalized spacial score (nSPS) is 17.6. The van der Waals surface area contributed by atoms with Crippen molar-refractivity contribution in [2.24, 2.45) is 5.10 Å². The van der Waals surface area contributed by atoms with Crippen LogP contribution in [-0.2, 0) is 6.42 Å². The summed E-state index contributed by atoms with van der Waals surface area (Å²) in [6.45, 7) is 4.19. The molecule has 0 fully saturated rings. The molecule has 5 nitrogen and oxygen atoms in total. The van der Waals surface area contributed by atoms with E-state index in [0.717, 1.165) is 34.4 Å². The molecule has 1 aliphatic heterocycles. The molecule has 104 valence electrons. The van der Waals surface area contributed by atoms with Crippen molar-refractivity contribution in [1.29, 1.82) is 0 Å². The largest absolute Gasteiger partial charge is 0.497 e. The van der Waals surface area contributed by atoms with Crippen molar-refractivity contribution in [2.75, 3.05) is 7.11 Å². The molecule has 20 heavy (non-hydrogen) atoms. The average molecular weight is 288 g/mol. The molecule has 0 amide bonds. The predicted molar refractivity (Wildman–Crippen MR) is 79.6 cm³/mol. The van der Waals surface area contributed by atoms with Gasteiger partial charge in [0.25, 0.3) is 0 Å². The van der Waals surface area contributed by atoms with Gasteiger partial charge in [-0.3, -0.25) is 0 Å². The van der Waals surface area contributed by atoms with Gasteiger partial charge in [-0.2, -0.15) is 9.78 Å². The fourth-order valence-corrected chi connectivity index (χ4v) is 3.09. The van der Waals surface area contributed by atoms with E-state index < -0.39 is 0 Å². The van der Waals surface area contributed by atoms with Crippen LogP contribution in [0.2, 0.25) is 0 Å². The molecule has 1 aromatic carbocycles. The van der Waals surface area contributed by atoms with Gasteiger partial charge in [0.2, 0.25) is 5.16 Å². The van der Waals surface area contributed by atoms with Crippen LogP contribution in [0.15, 0.2) is 34.5 Å². The molecule has 0 unspecified atom stereocenters. The fourth-order valence-electron chi connectivity index (χ4n) is 2.15. The molecule has 1 aliphatic rings. The second-order valence-corrected chi connectivity index (χ2v) is 5.85. The minimum absolute atomic E-state index is 0.254. The van der Waals surface area contributed by atoms with Gasteiger partial charge in [0.1, 0.15) is 5.75 Å². The van der Waals surface area contributed by atoms with Crippen molar-refractivity contribution in [3.63, 3.8) is 0 Å². The first kappa shape index (κ1) is 13.2. The number of thioether (sulfide) groups is 1. The summed E-state index contributed by atoms with van der Waals surface area (Å²) in [5.74, 6) is 1.75. The van der Waals surface area contributed by atoms with Gasteiger partial charge in [-0.05, 0) is 36.8 Å². The number of hydrogen-bond donors (Lipinski definition) is 0. The van der Waals surface area contributed by atoms with Crippen LogP contribution >= 0.6 is 11.8 Å². The Bertz CT molecular complexity index is 648. The number of hydrogen-bond acceptors (Lipinski definition) is 5. The van der Waals surface area contributed by atoms with Gasteiger partial charge in [0.15, 0.2) is 5.82 Å². The molecule has 0 saturated heterocycles. The summed E-state index contributed by atoms with van der Waals surface area (Å²) >= 11 is 1.69. The Hall–Kier alpha value is -1.82. The van der Waals surface area contributed by atoms with Crippen LogP contribution in [0.3, 0.4) is 0 Å². The quantitative estimate of drug-likeness (QED) is 0.871. The number of ether oxygens (including phenoxy) is 1. The smallest absolute Gasteiger partial charge is 0.212 e. The maximum absolute atomic E-state index is 5.19. The minimum Gasteiger partial charge on any atom is -0.497 e. The van der Waals surface area contributed by atoms with E-state index >= 15 is 0 Å². The summed E-state index contributed by atoms with van der Waals surface area (Å²) in [7, 11) is 1.67. The van der Waals surface area contributed by atoms with E-state index in [4.69, 9.17) is 9.84 Å². The lowest BCUT2D eigenvalue weighted by Crippen LogP contribution is -2.22. The van der Waals surface area contributed by atoms with Gasteiger partial charge in [0.05, 0.1) is 18.1 Å². The standard InChI is InChI=1S/C14H16N4OS/c1-4-12-15-16-14-18(12)17-13(9(2)20-14)10-5-7-11(19-3)8-6-10/h5-9H,4H2,1-3H3/t9-/m1/s1. The van der Waals surface area contributed by atoms with Crippen LogP contribution in [0.4, 0.5) is 0 Å². The molecule has 3 rings (SSSR count). The second kappa shape index (κ2) is 5.28. The Morgan fingerprint density at radius 2 is 2.00 bits per heavy atom. The lowest BCUT2D eigenvalue weighted by Gasteiger charge is -2.19. The summed E-state index contributed by atoms with van der Waals surface area (Å²) in [5.41, 5.74) is 2.15. The van der Waals surface area contributed by atoms with Crippen molar-refractivity contribution in [1.82, 2.24) is 14.9 Å². The van der Waals surface area contributed by atoms with Gasteiger partial charge in [-0.15, -0.1) is 10.2 Å². The molecular formula is C14H16N4OS. The summed E-state index contributed by atoms with van der Waals surface area (Å²) in [4.78, 5) is 0. The number of nitrogens with zero attached hydrogens (tertiary/aromatic N) is 4. The highest BCUT2D eigenvalue weighted by molar-refractivity contribution is 8.00. The fraction of sp³-hybridized carbons (Fsp3) is 0.357. The van der Waals surface area contributed by atoms with Crippen LogP contribution in [-0.4, -0.2) is 32.9 Å². The Balaban J connectivity index is 2.03. The van der Waals surface area contributed by atoms with Crippen LogP contribution in [0.1, 0.15) is 25.2 Å². The zero-order valence-corrected chi connectivity index (χ0v) is 12.5. The Morgan fingerprint density at radius 3 is 2.65 bits per heavy atom. The average Bonchev–Trinajstić information content (AvgIpc) is 2.88. The van der Waals surface area contributed by atoms with Gasteiger partial charge in [0, 0.05) is 6.42 Å². The highest BCUT2D eigenvalue weighted by Gasteiger charge is 2.25. The first-order valence-corrected chi connectivity index (χ1v) is 7.45. The summed E-state index contributed by atoms with van der Waals surface area (Å²) < 4.78 is 7.04. The molecule has 2 aromatic rings. The highest BCUT2D eigenvalue weighted by atomic mass is 32.2. The number of benzene rings is 1. The first-order chi connectivity index (χ1) is 9.72. The third-order valence-electron chi connectivity index (χ3n) is 3.25. The highest BCUT2D eigenvalue weighted by Crippen LogP contribution is 2.30. The maximum Gasteiger partial charge on any atom is 0.212 e. The minimum atomic E-state index is 0.254. The SMILES string of the molecule is CCc1nnc2n1N=C(c1ccc(OC)cc1)[C@@H](C)S2. The number of fused-ring (bicyclic) bond motifs is 1. The summed E-state index contributed by atoms with van der Waals surface area (Å²) in [6.07, 6.45) is 0.821. The van der Waals surface area contributed by atoms with Gasteiger partial charge in [-0.1, -0.05) is 18.7 Å². The molecular weight excluding hydrogens is 272 g/mol. The predicted octanol–water partition coefficient (Wildman–Crippen LogP) is 2.60. The van der Waals surface area contributed by atoms with Gasteiger partial charge >= 0.3 is 0 Å². The van der Waals surface area contributed by atoms with Crippen molar-refractivity contribution >= 4 is 17.5 Å². The zero-order valence-electron chi connectivity index (χ0n) is 11.7. The maximum atomic E-state index is 5.19. The van der Waals surface area contributed by atoms with Crippen LogP contribution in [0.25, 0.3) is 0 Å². The first-order valence-electron chi connectivity index (χ1n) is 6.57. The zero-order chi connectivity index (χ0) is 14.1. The molecule has 2 heterocycles. The Morgan fingerprint density at radius 1 is 1.25 bits per heavy atom. The molecule has 0 radical (unpaired) electrons. The Labute approximate surface area is 122 Å². The number of aromatic nitrogens is 3. The molecule has 0 spiro atoms. The third-order valence-corrected chi connectivity index (χ3v) is 4.30. The topological polar surface area (TPSA) is 52.3 Å². The number of methoxy groups -OCH3 is 1. The monoisotopic (exact) mass is 288 g/mol. The van der Waals surface area contributed by atoms with Crippen molar-refractivity contribution in [3.05, 3.63) is 35.7 Å². The van der Waals surface area contributed by atoms with E-state index in [1.54, 1.807) is 18.9 Å². The van der Waals surface area contributed by atoms with E-state index in [9.17, 15) is 0 Å². The number of aryl methyl sites for hydroxylation is 1. The lowest BCUT2D eigenvalue weighted by atomic mass is 10.1. The number of rotatable bonds is 3. The molecule has 0 saturated carbocycles. The van der Waals surface area contributed by atoms with Gasteiger partial charge < -0.3 is 4.74 Å². The van der Waals surface area contributed by atoms with Crippen molar-refractivity contribution < 1.29 is 4.74 Å². The Kier molecular flexibility index (Phi) is 3.48. The van der Waals surface area contributed by atoms with E-state index in [1.165, 1.54) is 0 Å². The van der Waals surface area contributed by atoms with E-state index in [2.05, 4.69) is 24.0 Å². The molecule has 0 aliphatic carbocycles. The lowest BCUT2D eigenvalue weighted by molar-refractivity contribution is 0.415.